The molecule has 3 aromatic rings. The van der Waals surface area contributed by atoms with Crippen molar-refractivity contribution in [2.75, 3.05) is 24.6 Å². The van der Waals surface area contributed by atoms with Gasteiger partial charge in [-0.15, -0.1) is 0 Å². The van der Waals surface area contributed by atoms with Gasteiger partial charge in [0.15, 0.2) is 29.1 Å². The van der Waals surface area contributed by atoms with Crippen molar-refractivity contribution in [2.24, 2.45) is 12.8 Å². The lowest BCUT2D eigenvalue weighted by atomic mass is 10.0. The second kappa shape index (κ2) is 7.55. The number of anilines is 1. The van der Waals surface area contributed by atoms with E-state index < -0.39 is 46.7 Å². The second-order valence-corrected chi connectivity index (χ2v) is 7.03. The number of fused-ring (bicyclic) bond motifs is 1. The van der Waals surface area contributed by atoms with Gasteiger partial charge in [0.25, 0.3) is 0 Å². The highest BCUT2D eigenvalue weighted by Gasteiger charge is 2.38. The van der Waals surface area contributed by atoms with E-state index in [0.717, 1.165) is 0 Å². The van der Waals surface area contributed by atoms with Crippen LogP contribution in [-0.4, -0.2) is 56.6 Å². The molecule has 0 radical (unpaired) electrons. The summed E-state index contributed by atoms with van der Waals surface area (Å²) in [7, 11) is 1.42. The summed E-state index contributed by atoms with van der Waals surface area (Å²) in [5.74, 6) is -5.98. The molecular formula is C18H15F5N6O3. The average molecular weight is 458 g/mol. The molecule has 3 heterocycles. The molecule has 0 aliphatic carbocycles. The van der Waals surface area contributed by atoms with Crippen molar-refractivity contribution in [1.29, 1.82) is 0 Å². The number of primary amides is 1. The Labute approximate surface area is 176 Å². The molecule has 1 amide bonds. The summed E-state index contributed by atoms with van der Waals surface area (Å²) < 4.78 is 74.2. The minimum atomic E-state index is -5.18. The summed E-state index contributed by atoms with van der Waals surface area (Å²) >= 11 is 0. The van der Waals surface area contributed by atoms with E-state index in [4.69, 9.17) is 10.5 Å². The third-order valence-corrected chi connectivity index (χ3v) is 4.97. The molecule has 14 heteroatoms. The number of hydrogen-bond acceptors (Lipinski definition) is 7. The number of benzene rings is 1. The number of halogens is 5. The van der Waals surface area contributed by atoms with Gasteiger partial charge in [0.1, 0.15) is 5.69 Å². The van der Waals surface area contributed by atoms with Gasteiger partial charge in [0, 0.05) is 25.4 Å². The molecule has 2 aromatic heterocycles. The van der Waals surface area contributed by atoms with Crippen molar-refractivity contribution in [3.63, 3.8) is 0 Å². The molecule has 32 heavy (non-hydrogen) atoms. The number of aryl methyl sites for hydroxylation is 1. The number of alkyl halides is 3. The molecule has 1 unspecified atom stereocenters. The number of amides is 1. The Bertz CT molecular complexity index is 1230. The third kappa shape index (κ3) is 3.55. The quantitative estimate of drug-likeness (QED) is 0.574. The van der Waals surface area contributed by atoms with E-state index in [1.54, 1.807) is 4.90 Å². The number of aromatic hydroxyl groups is 1. The van der Waals surface area contributed by atoms with Crippen LogP contribution in [0.5, 0.6) is 5.75 Å². The van der Waals surface area contributed by atoms with Crippen molar-refractivity contribution in [3.8, 4) is 17.0 Å². The van der Waals surface area contributed by atoms with Gasteiger partial charge in [0.2, 0.25) is 11.9 Å². The number of nitrogens with two attached hydrogens (primary N) is 1. The van der Waals surface area contributed by atoms with E-state index in [-0.39, 0.29) is 41.9 Å². The first-order valence-corrected chi connectivity index (χ1v) is 9.13. The fraction of sp³-hybridized carbons (Fsp3) is 0.333. The highest BCUT2D eigenvalue weighted by molar-refractivity contribution is 5.91. The maximum Gasteiger partial charge on any atom is 0.419 e. The van der Waals surface area contributed by atoms with Gasteiger partial charge in [-0.2, -0.15) is 23.3 Å². The normalized spacial score (nSPS) is 17.2. The second-order valence-electron chi connectivity index (χ2n) is 7.03. The number of aromatic nitrogens is 4. The van der Waals surface area contributed by atoms with Crippen LogP contribution in [0.3, 0.4) is 0 Å². The number of carbonyl (C=O) groups excluding carboxylic acids is 1. The van der Waals surface area contributed by atoms with Gasteiger partial charge < -0.3 is 20.5 Å². The van der Waals surface area contributed by atoms with E-state index in [1.165, 1.54) is 17.9 Å². The number of phenols is 1. The van der Waals surface area contributed by atoms with Crippen LogP contribution in [-0.2, 0) is 22.8 Å². The highest BCUT2D eigenvalue weighted by Crippen LogP contribution is 2.41. The zero-order valence-corrected chi connectivity index (χ0v) is 16.3. The molecule has 1 aromatic carbocycles. The SMILES string of the molecule is Cn1nc(-c2cc(C(F)(F)F)c(F)c(O)c2F)c2cnc(N3CCOC(C(N)=O)C3)nc21. The number of nitrogens with zero attached hydrogens (tertiary/aromatic N) is 5. The topological polar surface area (TPSA) is 119 Å². The standard InChI is InChI=1S/C18H15F5N6O3/c1-28-16-8(5-25-17(26-16)29-2-3-32-10(6-29)15(24)31)13(27-28)7-4-9(18(21,22)23)12(20)14(30)11(7)19/h4-5,10,30H,2-3,6H2,1H3,(H2,24,31). The van der Waals surface area contributed by atoms with Gasteiger partial charge in [-0.05, 0) is 6.07 Å². The van der Waals surface area contributed by atoms with Gasteiger partial charge >= 0.3 is 6.18 Å². The van der Waals surface area contributed by atoms with E-state index in [9.17, 15) is 31.9 Å². The maximum atomic E-state index is 14.5. The van der Waals surface area contributed by atoms with E-state index in [1.807, 2.05) is 0 Å². The molecule has 9 nitrogen and oxygen atoms in total. The first-order valence-electron chi connectivity index (χ1n) is 9.13. The number of morpholine rings is 1. The zero-order valence-electron chi connectivity index (χ0n) is 16.3. The zero-order chi connectivity index (χ0) is 23.4. The minimum Gasteiger partial charge on any atom is -0.503 e. The molecule has 1 fully saturated rings. The molecule has 0 bridgehead atoms. The Morgan fingerprint density at radius 2 is 2.03 bits per heavy atom. The fourth-order valence-corrected chi connectivity index (χ4v) is 3.38. The van der Waals surface area contributed by atoms with Crippen LogP contribution in [0.1, 0.15) is 5.56 Å². The van der Waals surface area contributed by atoms with Crippen LogP contribution in [0.15, 0.2) is 12.3 Å². The summed E-state index contributed by atoms with van der Waals surface area (Å²) in [5.41, 5.74) is 2.47. The summed E-state index contributed by atoms with van der Waals surface area (Å²) in [6, 6.07) is 0.236. The number of ether oxygens (including phenoxy) is 1. The van der Waals surface area contributed by atoms with Crippen molar-refractivity contribution < 1.29 is 36.6 Å². The molecule has 1 saturated heterocycles. The number of hydrogen-bond donors (Lipinski definition) is 2. The van der Waals surface area contributed by atoms with Crippen molar-refractivity contribution in [3.05, 3.63) is 29.5 Å². The smallest absolute Gasteiger partial charge is 0.419 e. The Balaban J connectivity index is 1.82. The first-order chi connectivity index (χ1) is 15.0. The molecule has 0 spiro atoms. The summed E-state index contributed by atoms with van der Waals surface area (Å²) in [5, 5.41) is 13.6. The first kappa shape index (κ1) is 21.7. The van der Waals surface area contributed by atoms with Crippen LogP contribution < -0.4 is 10.6 Å². The largest absolute Gasteiger partial charge is 0.503 e. The van der Waals surface area contributed by atoms with Crippen molar-refractivity contribution >= 4 is 22.9 Å². The molecule has 4 rings (SSSR count). The summed E-state index contributed by atoms with van der Waals surface area (Å²) in [6.45, 7) is 0.613. The van der Waals surface area contributed by atoms with Gasteiger partial charge in [0.05, 0.1) is 24.1 Å². The van der Waals surface area contributed by atoms with E-state index >= 15 is 0 Å². The summed E-state index contributed by atoms with van der Waals surface area (Å²) in [4.78, 5) is 21.5. The van der Waals surface area contributed by atoms with Crippen LogP contribution in [0.2, 0.25) is 0 Å². The average Bonchev–Trinajstić information content (AvgIpc) is 3.07. The lowest BCUT2D eigenvalue weighted by molar-refractivity contribution is -0.140. The number of rotatable bonds is 3. The van der Waals surface area contributed by atoms with Gasteiger partial charge in [-0.3, -0.25) is 4.79 Å². The fourth-order valence-electron chi connectivity index (χ4n) is 3.38. The predicted octanol–water partition coefficient (Wildman–Crippen LogP) is 1.72. The minimum absolute atomic E-state index is 0.0639. The van der Waals surface area contributed by atoms with Crippen LogP contribution in [0, 0.1) is 11.6 Å². The third-order valence-electron chi connectivity index (χ3n) is 4.97. The van der Waals surface area contributed by atoms with Gasteiger partial charge in [-0.25, -0.2) is 18.4 Å². The summed E-state index contributed by atoms with van der Waals surface area (Å²) in [6.07, 6.45) is -4.84. The molecular weight excluding hydrogens is 443 g/mol. The number of carbonyl (C=O) groups is 1. The highest BCUT2D eigenvalue weighted by atomic mass is 19.4. The Morgan fingerprint density at radius 3 is 2.69 bits per heavy atom. The van der Waals surface area contributed by atoms with E-state index in [2.05, 4.69) is 15.1 Å². The van der Waals surface area contributed by atoms with Crippen LogP contribution >= 0.6 is 0 Å². The number of phenolic OH excluding ortho intramolecular Hbond substituents is 1. The van der Waals surface area contributed by atoms with Crippen molar-refractivity contribution in [2.45, 2.75) is 12.3 Å². The van der Waals surface area contributed by atoms with Gasteiger partial charge in [-0.1, -0.05) is 0 Å². The van der Waals surface area contributed by atoms with Crippen LogP contribution in [0.25, 0.3) is 22.3 Å². The Hall–Kier alpha value is -3.55. The van der Waals surface area contributed by atoms with Crippen molar-refractivity contribution in [1.82, 2.24) is 19.7 Å². The molecule has 1 atom stereocenters. The molecule has 3 N–H and O–H groups in total. The maximum absolute atomic E-state index is 14.5. The Morgan fingerprint density at radius 1 is 1.31 bits per heavy atom. The lowest BCUT2D eigenvalue weighted by Gasteiger charge is -2.31. The molecule has 1 aliphatic heterocycles. The van der Waals surface area contributed by atoms with E-state index in [0.29, 0.717) is 6.54 Å². The molecule has 0 saturated carbocycles. The molecule has 170 valence electrons. The van der Waals surface area contributed by atoms with Crippen LogP contribution in [0.4, 0.5) is 27.9 Å². The monoisotopic (exact) mass is 458 g/mol. The predicted molar refractivity (Wildman–Crippen MR) is 99.5 cm³/mol. The molecule has 1 aliphatic rings. The lowest BCUT2D eigenvalue weighted by Crippen LogP contribution is -2.49. The Kier molecular flexibility index (Phi) is 5.11.